The Morgan fingerprint density at radius 3 is 2.64 bits per heavy atom. The lowest BCUT2D eigenvalue weighted by atomic mass is 10.1. The Kier molecular flexibility index (Phi) is 2.13. The third kappa shape index (κ3) is 1.50. The van der Waals surface area contributed by atoms with E-state index in [1.165, 1.54) is 0 Å². The van der Waals surface area contributed by atoms with E-state index >= 15 is 0 Å². The summed E-state index contributed by atoms with van der Waals surface area (Å²) >= 11 is 0. The second kappa shape index (κ2) is 2.91. The highest BCUT2D eigenvalue weighted by atomic mass is 16.2. The van der Waals surface area contributed by atoms with Crippen LogP contribution in [0.15, 0.2) is 23.9 Å². The molecule has 0 saturated heterocycles. The first-order valence-electron chi connectivity index (χ1n) is 3.78. The van der Waals surface area contributed by atoms with Gasteiger partial charge in [-0.1, -0.05) is 12.2 Å². The number of hydrogen-bond donors (Lipinski definition) is 0. The molecule has 1 aliphatic heterocycles. The van der Waals surface area contributed by atoms with Crippen LogP contribution in [-0.2, 0) is 4.79 Å². The van der Waals surface area contributed by atoms with Crippen LogP contribution in [0, 0.1) is 0 Å². The topological polar surface area (TPSA) is 20.3 Å². The Balaban J connectivity index is 2.86. The van der Waals surface area contributed by atoms with Gasteiger partial charge in [-0.05, 0) is 19.9 Å². The van der Waals surface area contributed by atoms with E-state index in [9.17, 15) is 4.79 Å². The van der Waals surface area contributed by atoms with Crippen LogP contribution in [0.5, 0.6) is 0 Å². The smallest absolute Gasteiger partial charge is 0.224 e. The standard InChI is InChI=1S/C9H13NO/c1-7-5-4-6-8(2)10(7)9(3)11/h4-7H,1-3H3. The summed E-state index contributed by atoms with van der Waals surface area (Å²) in [6.07, 6.45) is 5.94. The van der Waals surface area contributed by atoms with Gasteiger partial charge in [0.2, 0.25) is 5.91 Å². The third-order valence-corrected chi connectivity index (χ3v) is 1.85. The van der Waals surface area contributed by atoms with Gasteiger partial charge in [0.05, 0.1) is 6.04 Å². The zero-order chi connectivity index (χ0) is 8.43. The number of nitrogens with zero attached hydrogens (tertiary/aromatic N) is 1. The summed E-state index contributed by atoms with van der Waals surface area (Å²) in [4.78, 5) is 12.8. The van der Waals surface area contributed by atoms with Gasteiger partial charge in [0.15, 0.2) is 0 Å². The molecule has 0 bridgehead atoms. The van der Waals surface area contributed by atoms with Gasteiger partial charge in [-0.3, -0.25) is 4.79 Å². The molecule has 1 unspecified atom stereocenters. The van der Waals surface area contributed by atoms with E-state index < -0.39 is 0 Å². The van der Waals surface area contributed by atoms with E-state index in [2.05, 4.69) is 0 Å². The average molecular weight is 151 g/mol. The van der Waals surface area contributed by atoms with Gasteiger partial charge < -0.3 is 4.90 Å². The van der Waals surface area contributed by atoms with Gasteiger partial charge >= 0.3 is 0 Å². The highest BCUT2D eigenvalue weighted by molar-refractivity contribution is 5.76. The van der Waals surface area contributed by atoms with Crippen LogP contribution in [0.2, 0.25) is 0 Å². The van der Waals surface area contributed by atoms with Crippen LogP contribution in [0.25, 0.3) is 0 Å². The molecule has 1 atom stereocenters. The lowest BCUT2D eigenvalue weighted by Crippen LogP contribution is -2.35. The van der Waals surface area contributed by atoms with E-state index in [0.717, 1.165) is 5.70 Å². The van der Waals surface area contributed by atoms with Gasteiger partial charge in [-0.15, -0.1) is 0 Å². The van der Waals surface area contributed by atoms with Gasteiger partial charge in [-0.2, -0.15) is 0 Å². The van der Waals surface area contributed by atoms with Crippen LogP contribution < -0.4 is 0 Å². The van der Waals surface area contributed by atoms with Crippen molar-refractivity contribution in [2.24, 2.45) is 0 Å². The SMILES string of the molecule is CC(=O)N1C(C)=CC=CC1C. The minimum Gasteiger partial charge on any atom is -0.310 e. The van der Waals surface area contributed by atoms with Crippen LogP contribution in [0.1, 0.15) is 20.8 Å². The van der Waals surface area contributed by atoms with E-state index in [1.807, 2.05) is 32.1 Å². The number of hydrogen-bond acceptors (Lipinski definition) is 1. The van der Waals surface area contributed by atoms with E-state index in [-0.39, 0.29) is 11.9 Å². The summed E-state index contributed by atoms with van der Waals surface area (Å²) in [7, 11) is 0. The zero-order valence-corrected chi connectivity index (χ0v) is 7.16. The first-order valence-corrected chi connectivity index (χ1v) is 3.78. The molecule has 1 heterocycles. The lowest BCUT2D eigenvalue weighted by molar-refractivity contribution is -0.127. The first kappa shape index (κ1) is 8.05. The predicted molar refractivity (Wildman–Crippen MR) is 44.9 cm³/mol. The number of rotatable bonds is 0. The van der Waals surface area contributed by atoms with Crippen LogP contribution in [0.4, 0.5) is 0 Å². The van der Waals surface area contributed by atoms with Crippen molar-refractivity contribution in [3.8, 4) is 0 Å². The Morgan fingerprint density at radius 2 is 2.27 bits per heavy atom. The normalized spacial score (nSPS) is 23.4. The molecule has 11 heavy (non-hydrogen) atoms. The lowest BCUT2D eigenvalue weighted by Gasteiger charge is -2.28. The molecule has 0 aromatic heterocycles. The number of carbonyl (C=O) groups excluding carboxylic acids is 1. The average Bonchev–Trinajstić information content (AvgIpc) is 1.85. The molecule has 2 nitrogen and oxygen atoms in total. The van der Waals surface area contributed by atoms with Gasteiger partial charge in [0.1, 0.15) is 0 Å². The highest BCUT2D eigenvalue weighted by Gasteiger charge is 2.17. The predicted octanol–water partition coefficient (Wildman–Crippen LogP) is 1.70. The fourth-order valence-corrected chi connectivity index (χ4v) is 1.38. The second-order valence-corrected chi connectivity index (χ2v) is 2.82. The molecule has 1 rings (SSSR count). The van der Waals surface area contributed by atoms with Crippen molar-refractivity contribution in [2.75, 3.05) is 0 Å². The van der Waals surface area contributed by atoms with Crippen molar-refractivity contribution in [3.63, 3.8) is 0 Å². The fraction of sp³-hybridized carbons (Fsp3) is 0.444. The molecule has 0 saturated carbocycles. The van der Waals surface area contributed by atoms with Crippen LogP contribution in [-0.4, -0.2) is 16.8 Å². The summed E-state index contributed by atoms with van der Waals surface area (Å²) in [6, 6.07) is 0.206. The molecule has 1 aliphatic rings. The summed E-state index contributed by atoms with van der Waals surface area (Å²) in [5, 5.41) is 0. The molecule has 0 fully saturated rings. The maximum atomic E-state index is 11.1. The molecule has 1 amide bonds. The molecule has 0 aromatic carbocycles. The Morgan fingerprint density at radius 1 is 1.64 bits per heavy atom. The molecular formula is C9H13NO. The largest absolute Gasteiger partial charge is 0.310 e. The van der Waals surface area contributed by atoms with Gasteiger partial charge in [0.25, 0.3) is 0 Å². The van der Waals surface area contributed by atoms with Crippen molar-refractivity contribution in [1.29, 1.82) is 0 Å². The summed E-state index contributed by atoms with van der Waals surface area (Å²) < 4.78 is 0. The minimum atomic E-state index is 0.107. The molecule has 0 aromatic rings. The van der Waals surface area contributed by atoms with Crippen LogP contribution in [0.3, 0.4) is 0 Å². The molecular weight excluding hydrogens is 138 g/mol. The monoisotopic (exact) mass is 151 g/mol. The van der Waals surface area contributed by atoms with E-state index in [4.69, 9.17) is 0 Å². The molecule has 2 heteroatoms. The number of carbonyl (C=O) groups is 1. The van der Waals surface area contributed by atoms with E-state index in [0.29, 0.717) is 0 Å². The fourth-order valence-electron chi connectivity index (χ4n) is 1.38. The maximum Gasteiger partial charge on any atom is 0.224 e. The molecule has 0 aliphatic carbocycles. The zero-order valence-electron chi connectivity index (χ0n) is 7.16. The van der Waals surface area contributed by atoms with Crippen LogP contribution >= 0.6 is 0 Å². The quantitative estimate of drug-likeness (QED) is 0.516. The number of amides is 1. The first-order chi connectivity index (χ1) is 5.13. The molecule has 0 N–H and O–H groups in total. The minimum absolute atomic E-state index is 0.107. The number of allylic oxidation sites excluding steroid dienone is 3. The van der Waals surface area contributed by atoms with Crippen molar-refractivity contribution >= 4 is 5.91 Å². The second-order valence-electron chi connectivity index (χ2n) is 2.82. The van der Waals surface area contributed by atoms with Crippen molar-refractivity contribution in [1.82, 2.24) is 4.90 Å². The summed E-state index contributed by atoms with van der Waals surface area (Å²) in [5.74, 6) is 0.107. The third-order valence-electron chi connectivity index (χ3n) is 1.85. The maximum absolute atomic E-state index is 11.1. The summed E-state index contributed by atoms with van der Waals surface area (Å²) in [5.41, 5.74) is 1.02. The van der Waals surface area contributed by atoms with Gasteiger partial charge in [-0.25, -0.2) is 0 Å². The van der Waals surface area contributed by atoms with Crippen molar-refractivity contribution < 1.29 is 4.79 Å². The highest BCUT2D eigenvalue weighted by Crippen LogP contribution is 2.14. The van der Waals surface area contributed by atoms with Gasteiger partial charge in [0, 0.05) is 12.6 Å². The summed E-state index contributed by atoms with van der Waals surface area (Å²) in [6.45, 7) is 5.54. The Hall–Kier alpha value is -1.05. The molecule has 0 spiro atoms. The van der Waals surface area contributed by atoms with Crippen molar-refractivity contribution in [2.45, 2.75) is 26.8 Å². The molecule has 0 radical (unpaired) electrons. The van der Waals surface area contributed by atoms with Crippen molar-refractivity contribution in [3.05, 3.63) is 23.9 Å². The van der Waals surface area contributed by atoms with E-state index in [1.54, 1.807) is 11.8 Å². The Labute approximate surface area is 67.2 Å². The Bertz CT molecular complexity index is 228. The molecule has 60 valence electrons.